The van der Waals surface area contributed by atoms with Crippen LogP contribution in [0.2, 0.25) is 5.02 Å². The first kappa shape index (κ1) is 16.0. The summed E-state index contributed by atoms with van der Waals surface area (Å²) in [5.74, 6) is -0.186. The third-order valence-corrected chi connectivity index (χ3v) is 4.43. The van der Waals surface area contributed by atoms with Crippen LogP contribution >= 0.6 is 27.5 Å². The highest BCUT2D eigenvalue weighted by molar-refractivity contribution is 9.10. The fourth-order valence-corrected chi connectivity index (χ4v) is 3.10. The Morgan fingerprint density at radius 1 is 1.22 bits per heavy atom. The van der Waals surface area contributed by atoms with Crippen molar-refractivity contribution in [2.24, 2.45) is 0 Å². The van der Waals surface area contributed by atoms with E-state index in [1.54, 1.807) is 47.4 Å². The van der Waals surface area contributed by atoms with Crippen molar-refractivity contribution in [2.45, 2.75) is 12.5 Å². The molecule has 1 saturated heterocycles. The van der Waals surface area contributed by atoms with Gasteiger partial charge in [0, 0.05) is 33.7 Å². The van der Waals surface area contributed by atoms with Crippen LogP contribution < -0.4 is 10.2 Å². The smallest absolute Gasteiger partial charge is 0.251 e. The Labute approximate surface area is 147 Å². The Morgan fingerprint density at radius 2 is 1.96 bits per heavy atom. The normalized spacial score (nSPS) is 17.4. The van der Waals surface area contributed by atoms with Crippen LogP contribution in [0.5, 0.6) is 0 Å². The van der Waals surface area contributed by atoms with Gasteiger partial charge in [-0.1, -0.05) is 33.6 Å². The SMILES string of the molecule is O=C(NC1CC(=O)N(c2ccc(Cl)cc2)C1)c1cccc(Br)c1. The van der Waals surface area contributed by atoms with Crippen molar-refractivity contribution in [3.05, 3.63) is 63.6 Å². The Bertz CT molecular complexity index is 749. The quantitative estimate of drug-likeness (QED) is 0.865. The van der Waals surface area contributed by atoms with Gasteiger partial charge in [-0.05, 0) is 42.5 Å². The average molecular weight is 394 g/mol. The maximum absolute atomic E-state index is 12.3. The van der Waals surface area contributed by atoms with Gasteiger partial charge in [0.15, 0.2) is 0 Å². The van der Waals surface area contributed by atoms with Gasteiger partial charge in [-0.3, -0.25) is 9.59 Å². The molecule has 1 aliphatic rings. The number of benzene rings is 2. The van der Waals surface area contributed by atoms with Crippen LogP contribution in [0.25, 0.3) is 0 Å². The third-order valence-electron chi connectivity index (χ3n) is 3.69. The zero-order valence-corrected chi connectivity index (χ0v) is 14.5. The molecule has 1 N–H and O–H groups in total. The van der Waals surface area contributed by atoms with E-state index in [-0.39, 0.29) is 17.9 Å². The van der Waals surface area contributed by atoms with Crippen molar-refractivity contribution in [1.82, 2.24) is 5.32 Å². The van der Waals surface area contributed by atoms with Gasteiger partial charge in [0.25, 0.3) is 5.91 Å². The Morgan fingerprint density at radius 3 is 2.65 bits per heavy atom. The van der Waals surface area contributed by atoms with Crippen molar-refractivity contribution in [3.63, 3.8) is 0 Å². The molecule has 23 heavy (non-hydrogen) atoms. The lowest BCUT2D eigenvalue weighted by Gasteiger charge is -2.17. The minimum Gasteiger partial charge on any atom is -0.347 e. The second kappa shape index (κ2) is 6.72. The predicted octanol–water partition coefficient (Wildman–Crippen LogP) is 3.64. The van der Waals surface area contributed by atoms with E-state index in [0.717, 1.165) is 10.2 Å². The summed E-state index contributed by atoms with van der Waals surface area (Å²) in [4.78, 5) is 26.1. The second-order valence-corrected chi connectivity index (χ2v) is 6.72. The van der Waals surface area contributed by atoms with Gasteiger partial charge in [-0.15, -0.1) is 0 Å². The van der Waals surface area contributed by atoms with Crippen LogP contribution in [0.15, 0.2) is 53.0 Å². The molecule has 118 valence electrons. The number of nitrogens with one attached hydrogen (secondary N) is 1. The molecule has 3 rings (SSSR count). The van der Waals surface area contributed by atoms with Gasteiger partial charge >= 0.3 is 0 Å². The van der Waals surface area contributed by atoms with Crippen LogP contribution in [-0.2, 0) is 4.79 Å². The summed E-state index contributed by atoms with van der Waals surface area (Å²) in [6.45, 7) is 0.459. The van der Waals surface area contributed by atoms with E-state index < -0.39 is 0 Å². The van der Waals surface area contributed by atoms with E-state index in [1.807, 2.05) is 6.07 Å². The third kappa shape index (κ3) is 3.74. The van der Waals surface area contributed by atoms with E-state index in [0.29, 0.717) is 23.6 Å². The molecule has 1 aliphatic heterocycles. The Balaban J connectivity index is 1.68. The number of hydrogen-bond donors (Lipinski definition) is 1. The standard InChI is InChI=1S/C17H14BrClN2O2/c18-12-3-1-2-11(8-12)17(23)20-14-9-16(22)21(10-14)15-6-4-13(19)5-7-15/h1-8,14H,9-10H2,(H,20,23). The molecule has 1 fully saturated rings. The molecular weight excluding hydrogens is 380 g/mol. The number of anilines is 1. The van der Waals surface area contributed by atoms with Crippen LogP contribution in [0.4, 0.5) is 5.69 Å². The molecule has 0 spiro atoms. The monoisotopic (exact) mass is 392 g/mol. The van der Waals surface area contributed by atoms with Gasteiger partial charge in [0.2, 0.25) is 5.91 Å². The lowest BCUT2D eigenvalue weighted by molar-refractivity contribution is -0.117. The largest absolute Gasteiger partial charge is 0.347 e. The number of hydrogen-bond acceptors (Lipinski definition) is 2. The van der Waals surface area contributed by atoms with Crippen molar-refractivity contribution >= 4 is 45.0 Å². The van der Waals surface area contributed by atoms with Gasteiger partial charge in [0.05, 0.1) is 6.04 Å². The van der Waals surface area contributed by atoms with Crippen molar-refractivity contribution in [2.75, 3.05) is 11.4 Å². The number of rotatable bonds is 3. The van der Waals surface area contributed by atoms with Crippen LogP contribution in [0.3, 0.4) is 0 Å². The van der Waals surface area contributed by atoms with Gasteiger partial charge in [0.1, 0.15) is 0 Å². The lowest BCUT2D eigenvalue weighted by Crippen LogP contribution is -2.37. The molecule has 0 radical (unpaired) electrons. The van der Waals surface area contributed by atoms with E-state index in [4.69, 9.17) is 11.6 Å². The minimum absolute atomic E-state index is 0.00753. The number of amides is 2. The molecule has 2 aromatic rings. The minimum atomic E-state index is -0.204. The van der Waals surface area contributed by atoms with Gasteiger partial charge in [-0.25, -0.2) is 0 Å². The summed E-state index contributed by atoms with van der Waals surface area (Å²) in [6.07, 6.45) is 0.294. The van der Waals surface area contributed by atoms with Gasteiger partial charge < -0.3 is 10.2 Å². The summed E-state index contributed by atoms with van der Waals surface area (Å²) in [5, 5.41) is 3.54. The fourth-order valence-electron chi connectivity index (χ4n) is 2.57. The highest BCUT2D eigenvalue weighted by Crippen LogP contribution is 2.23. The first-order chi connectivity index (χ1) is 11.0. The van der Waals surface area contributed by atoms with Gasteiger partial charge in [-0.2, -0.15) is 0 Å². The van der Waals surface area contributed by atoms with E-state index >= 15 is 0 Å². The molecule has 4 nitrogen and oxygen atoms in total. The van der Waals surface area contributed by atoms with Crippen LogP contribution in [0.1, 0.15) is 16.8 Å². The zero-order valence-electron chi connectivity index (χ0n) is 12.1. The number of halogens is 2. The van der Waals surface area contributed by atoms with E-state index in [9.17, 15) is 9.59 Å². The fraction of sp³-hybridized carbons (Fsp3) is 0.176. The lowest BCUT2D eigenvalue weighted by atomic mass is 10.2. The van der Waals surface area contributed by atoms with Crippen LogP contribution in [0, 0.1) is 0 Å². The molecule has 0 aliphatic carbocycles. The molecule has 1 heterocycles. The highest BCUT2D eigenvalue weighted by Gasteiger charge is 2.31. The molecule has 1 unspecified atom stereocenters. The predicted molar refractivity (Wildman–Crippen MR) is 93.8 cm³/mol. The number of carbonyl (C=O) groups excluding carboxylic acids is 2. The summed E-state index contributed by atoms with van der Waals surface area (Å²) in [5.41, 5.74) is 1.36. The number of nitrogens with zero attached hydrogens (tertiary/aromatic N) is 1. The zero-order chi connectivity index (χ0) is 16.4. The molecule has 2 amide bonds. The topological polar surface area (TPSA) is 49.4 Å². The first-order valence-electron chi connectivity index (χ1n) is 7.15. The molecular formula is C17H14BrClN2O2. The summed E-state index contributed by atoms with van der Waals surface area (Å²) in [7, 11) is 0. The molecule has 6 heteroatoms. The van der Waals surface area contributed by atoms with E-state index in [1.165, 1.54) is 0 Å². The molecule has 2 aromatic carbocycles. The summed E-state index contributed by atoms with van der Waals surface area (Å²) < 4.78 is 0.843. The molecule has 0 aromatic heterocycles. The highest BCUT2D eigenvalue weighted by atomic mass is 79.9. The first-order valence-corrected chi connectivity index (χ1v) is 8.32. The van der Waals surface area contributed by atoms with Crippen molar-refractivity contribution < 1.29 is 9.59 Å². The van der Waals surface area contributed by atoms with E-state index in [2.05, 4.69) is 21.2 Å². The van der Waals surface area contributed by atoms with Crippen LogP contribution in [-0.4, -0.2) is 24.4 Å². The Hall–Kier alpha value is -1.85. The second-order valence-electron chi connectivity index (χ2n) is 5.37. The Kier molecular flexibility index (Phi) is 4.68. The molecule has 1 atom stereocenters. The summed E-state index contributed by atoms with van der Waals surface area (Å²) >= 11 is 9.21. The molecule has 0 saturated carbocycles. The summed E-state index contributed by atoms with van der Waals surface area (Å²) in [6, 6.07) is 14.1. The number of carbonyl (C=O) groups is 2. The molecule has 0 bridgehead atoms. The average Bonchev–Trinajstić information content (AvgIpc) is 2.88. The van der Waals surface area contributed by atoms with Crippen molar-refractivity contribution in [3.8, 4) is 0 Å². The maximum atomic E-state index is 12.3. The maximum Gasteiger partial charge on any atom is 0.251 e. The van der Waals surface area contributed by atoms with Crippen molar-refractivity contribution in [1.29, 1.82) is 0 Å².